The number of aliphatic carboxylic acids is 1. The highest BCUT2D eigenvalue weighted by Crippen LogP contribution is 2.26. The van der Waals surface area contributed by atoms with E-state index in [4.69, 9.17) is 25.9 Å². The maximum absolute atomic E-state index is 11.2. The lowest BCUT2D eigenvalue weighted by Gasteiger charge is -2.10. The maximum Gasteiger partial charge on any atom is 0.490 e. The van der Waals surface area contributed by atoms with Gasteiger partial charge in [-0.2, -0.15) is 18.2 Å². The van der Waals surface area contributed by atoms with Crippen LogP contribution in [0, 0.1) is 0 Å². The summed E-state index contributed by atoms with van der Waals surface area (Å²) in [5.41, 5.74) is 2.64. The van der Waals surface area contributed by atoms with Crippen LogP contribution in [0.1, 0.15) is 0 Å². The Morgan fingerprint density at radius 3 is 2.44 bits per heavy atom. The molecule has 0 atom stereocenters. The van der Waals surface area contributed by atoms with Crippen LogP contribution in [0.25, 0.3) is 11.1 Å². The van der Waals surface area contributed by atoms with Crippen molar-refractivity contribution < 1.29 is 27.5 Å². The fraction of sp³-hybridized carbons (Fsp3) is 0.0526. The van der Waals surface area contributed by atoms with Gasteiger partial charge in [0.2, 0.25) is 5.95 Å². The molecule has 0 aliphatic rings. The number of carboxylic acids is 1. The molecular weight excluding hydrogens is 455 g/mol. The Hall–Kier alpha value is -4.06. The van der Waals surface area contributed by atoms with E-state index in [1.165, 1.54) is 6.20 Å². The monoisotopic (exact) mass is 467 g/mol. The zero-order valence-corrected chi connectivity index (χ0v) is 16.5. The largest absolute Gasteiger partial charge is 0.490 e. The summed E-state index contributed by atoms with van der Waals surface area (Å²) in [6, 6.07) is 14.8. The highest BCUT2D eigenvalue weighted by Gasteiger charge is 2.38. The first-order valence-electron chi connectivity index (χ1n) is 8.66. The summed E-state index contributed by atoms with van der Waals surface area (Å²) in [7, 11) is 0. The van der Waals surface area contributed by atoms with Crippen LogP contribution in [0.4, 0.5) is 36.3 Å². The minimum atomic E-state index is -5.08. The Morgan fingerprint density at radius 1 is 1.09 bits per heavy atom. The van der Waals surface area contributed by atoms with Crippen molar-refractivity contribution in [3.05, 3.63) is 70.3 Å². The number of aromatic amines is 1. The molecule has 0 bridgehead atoms. The summed E-state index contributed by atoms with van der Waals surface area (Å²) in [4.78, 5) is 31.3. The van der Waals surface area contributed by atoms with Crippen molar-refractivity contribution in [3.8, 4) is 0 Å². The molecule has 0 fully saturated rings. The molecule has 2 heterocycles. The molecule has 0 aliphatic carbocycles. The number of rotatable bonds is 4. The number of carboxylic acid groups (broad SMARTS) is 1. The molecule has 0 spiro atoms. The number of hydrogen-bond donors (Lipinski definition) is 4. The Balaban J connectivity index is 0.000000360. The third kappa shape index (κ3) is 5.98. The van der Waals surface area contributed by atoms with E-state index in [0.29, 0.717) is 33.6 Å². The van der Waals surface area contributed by atoms with Gasteiger partial charge in [0.25, 0.3) is 0 Å². The van der Waals surface area contributed by atoms with Gasteiger partial charge in [0, 0.05) is 11.4 Å². The van der Waals surface area contributed by atoms with Crippen molar-refractivity contribution in [2.75, 3.05) is 10.6 Å². The molecule has 0 aliphatic heterocycles. The van der Waals surface area contributed by atoms with Crippen LogP contribution in [0.3, 0.4) is 0 Å². The lowest BCUT2D eigenvalue weighted by atomic mass is 10.3. The van der Waals surface area contributed by atoms with Gasteiger partial charge < -0.3 is 20.2 Å². The zero-order valence-electron chi connectivity index (χ0n) is 15.8. The third-order valence-corrected chi connectivity index (χ3v) is 3.97. The number of hydrogen-bond acceptors (Lipinski definition) is 7. The van der Waals surface area contributed by atoms with Crippen LogP contribution in [0.2, 0.25) is 5.02 Å². The lowest BCUT2D eigenvalue weighted by Crippen LogP contribution is -2.21. The predicted molar refractivity (Wildman–Crippen MR) is 111 cm³/mol. The second-order valence-electron chi connectivity index (χ2n) is 6.03. The van der Waals surface area contributed by atoms with E-state index >= 15 is 0 Å². The Morgan fingerprint density at radius 2 is 1.78 bits per heavy atom. The smallest absolute Gasteiger partial charge is 0.475 e. The number of anilines is 4. The number of para-hydroxylation sites is 1. The molecule has 4 rings (SSSR count). The number of halogens is 4. The van der Waals surface area contributed by atoms with Gasteiger partial charge >= 0.3 is 17.9 Å². The zero-order chi connectivity index (χ0) is 23.3. The van der Waals surface area contributed by atoms with Crippen LogP contribution in [-0.2, 0) is 4.79 Å². The normalized spacial score (nSPS) is 10.9. The highest BCUT2D eigenvalue weighted by atomic mass is 35.5. The van der Waals surface area contributed by atoms with E-state index in [2.05, 4.69) is 25.6 Å². The predicted octanol–water partition coefficient (Wildman–Crippen LogP) is 4.69. The van der Waals surface area contributed by atoms with Crippen LogP contribution >= 0.6 is 11.6 Å². The number of alkyl halides is 3. The number of oxazole rings is 1. The molecule has 32 heavy (non-hydrogen) atoms. The van der Waals surface area contributed by atoms with Crippen molar-refractivity contribution in [1.29, 1.82) is 0 Å². The van der Waals surface area contributed by atoms with Gasteiger partial charge in [-0.05, 0) is 30.3 Å². The number of nitrogens with zero attached hydrogens (tertiary/aromatic N) is 2. The van der Waals surface area contributed by atoms with E-state index in [-0.39, 0.29) is 0 Å². The van der Waals surface area contributed by atoms with Gasteiger partial charge in [0.15, 0.2) is 11.4 Å². The molecule has 0 amide bonds. The summed E-state index contributed by atoms with van der Waals surface area (Å²) < 4.78 is 36.7. The number of fused-ring (bicyclic) bond motifs is 1. The summed E-state index contributed by atoms with van der Waals surface area (Å²) in [6.45, 7) is 0. The van der Waals surface area contributed by atoms with E-state index in [1.54, 1.807) is 18.2 Å². The molecule has 0 unspecified atom stereocenters. The molecule has 0 saturated heterocycles. The number of carbonyl (C=O) groups is 1. The number of H-pyrrole nitrogens is 1. The lowest BCUT2D eigenvalue weighted by molar-refractivity contribution is -0.192. The molecule has 13 heteroatoms. The quantitative estimate of drug-likeness (QED) is 0.340. The Labute approximate surface area is 181 Å². The van der Waals surface area contributed by atoms with Crippen molar-refractivity contribution >= 4 is 51.8 Å². The average Bonchev–Trinajstić information content (AvgIpc) is 3.10. The first-order chi connectivity index (χ1) is 15.1. The second kappa shape index (κ2) is 9.39. The highest BCUT2D eigenvalue weighted by molar-refractivity contribution is 6.32. The topological polar surface area (TPSA) is 133 Å². The number of benzene rings is 2. The van der Waals surface area contributed by atoms with Gasteiger partial charge in [-0.25, -0.2) is 14.6 Å². The second-order valence-corrected chi connectivity index (χ2v) is 6.44. The fourth-order valence-corrected chi connectivity index (χ4v) is 2.47. The minimum absolute atomic E-state index is 0.374. The van der Waals surface area contributed by atoms with E-state index < -0.39 is 17.9 Å². The van der Waals surface area contributed by atoms with Gasteiger partial charge in [-0.1, -0.05) is 29.8 Å². The summed E-state index contributed by atoms with van der Waals surface area (Å²) in [5.74, 6) is -2.40. The molecule has 166 valence electrons. The van der Waals surface area contributed by atoms with Gasteiger partial charge in [0.05, 0.1) is 11.7 Å². The Bertz CT molecular complexity index is 1290. The van der Waals surface area contributed by atoms with Crippen molar-refractivity contribution in [2.45, 2.75) is 6.18 Å². The fourth-order valence-electron chi connectivity index (χ4n) is 2.33. The molecular formula is C19H13ClF3N5O4. The van der Waals surface area contributed by atoms with E-state index in [9.17, 15) is 18.0 Å². The van der Waals surface area contributed by atoms with Gasteiger partial charge in [0.1, 0.15) is 5.02 Å². The summed E-state index contributed by atoms with van der Waals surface area (Å²) in [6.07, 6.45) is -3.57. The van der Waals surface area contributed by atoms with Crippen molar-refractivity contribution in [2.24, 2.45) is 0 Å². The SMILES string of the molecule is O=C(O)C(F)(F)F.O=c1[nH]c2cc(Nc3nc(Nc4ccccc4)ncc3Cl)ccc2o1. The molecule has 4 aromatic rings. The molecule has 2 aromatic carbocycles. The van der Waals surface area contributed by atoms with Crippen molar-refractivity contribution in [3.63, 3.8) is 0 Å². The van der Waals surface area contributed by atoms with Crippen molar-refractivity contribution in [1.82, 2.24) is 15.0 Å². The first-order valence-corrected chi connectivity index (χ1v) is 9.04. The van der Waals surface area contributed by atoms with Gasteiger partial charge in [-0.15, -0.1) is 0 Å². The molecule has 2 aromatic heterocycles. The standard InChI is InChI=1S/C17H12ClN5O2.C2HF3O2/c18-12-9-19-16(21-10-4-2-1-3-5-10)23-15(12)20-11-6-7-14-13(8-11)22-17(24)25-14;3-2(4,5)1(6)7/h1-9H,(H,22,24)(H2,19,20,21,23);(H,6,7). The summed E-state index contributed by atoms with van der Waals surface area (Å²) >= 11 is 6.18. The molecule has 9 nitrogen and oxygen atoms in total. The minimum Gasteiger partial charge on any atom is -0.475 e. The van der Waals surface area contributed by atoms with E-state index in [0.717, 1.165) is 5.69 Å². The third-order valence-electron chi connectivity index (χ3n) is 3.70. The van der Waals surface area contributed by atoms with Crippen LogP contribution in [0.5, 0.6) is 0 Å². The molecule has 4 N–H and O–H groups in total. The van der Waals surface area contributed by atoms with E-state index in [1.807, 2.05) is 30.3 Å². The number of nitrogens with one attached hydrogen (secondary N) is 3. The van der Waals surface area contributed by atoms with Gasteiger partial charge in [-0.3, -0.25) is 4.98 Å². The average molecular weight is 468 g/mol. The number of aromatic nitrogens is 3. The van der Waals surface area contributed by atoms with Crippen LogP contribution in [-0.4, -0.2) is 32.2 Å². The first kappa shape index (κ1) is 22.6. The van der Waals surface area contributed by atoms with Crippen LogP contribution in [0.15, 0.2) is 63.9 Å². The molecule has 0 radical (unpaired) electrons. The Kier molecular flexibility index (Phi) is 6.64. The summed E-state index contributed by atoms with van der Waals surface area (Å²) in [5, 5.41) is 13.7. The van der Waals surface area contributed by atoms with Crippen LogP contribution < -0.4 is 16.4 Å². The maximum atomic E-state index is 11.2. The molecule has 0 saturated carbocycles.